The van der Waals surface area contributed by atoms with Crippen LogP contribution >= 0.6 is 15.9 Å². The van der Waals surface area contributed by atoms with Crippen molar-refractivity contribution in [2.45, 2.75) is 58.6 Å². The summed E-state index contributed by atoms with van der Waals surface area (Å²) < 4.78 is 13.9. The summed E-state index contributed by atoms with van der Waals surface area (Å²) in [5.41, 5.74) is 6.63. The Kier molecular flexibility index (Phi) is 7.93. The average Bonchev–Trinajstić information content (AvgIpc) is 3.40. The van der Waals surface area contributed by atoms with Gasteiger partial charge in [0.25, 0.3) is 11.8 Å². The molecule has 234 valence electrons. The molecular weight excluding hydrogens is 638 g/mol. The molecule has 0 spiro atoms. The number of aryl methyl sites for hydroxylation is 2. The highest BCUT2D eigenvalue weighted by molar-refractivity contribution is 9.10. The zero-order valence-corrected chi connectivity index (χ0v) is 27.9. The van der Waals surface area contributed by atoms with Gasteiger partial charge in [0.2, 0.25) is 0 Å². The highest BCUT2D eigenvalue weighted by Crippen LogP contribution is 2.45. The third-order valence-electron chi connectivity index (χ3n) is 8.89. The third-order valence-corrected chi connectivity index (χ3v) is 9.51. The molecule has 11 heteroatoms. The third kappa shape index (κ3) is 5.37. The maximum atomic E-state index is 14.1. The van der Waals surface area contributed by atoms with E-state index in [9.17, 15) is 14.4 Å². The highest BCUT2D eigenvalue weighted by atomic mass is 79.9. The van der Waals surface area contributed by atoms with Gasteiger partial charge in [0.1, 0.15) is 11.2 Å². The number of hydrogen-bond acceptors (Lipinski definition) is 7. The number of aromatic nitrogens is 3. The number of carbonyl (C=O) groups is 3. The number of nitrogens with zero attached hydrogens (tertiary/aromatic N) is 5. The van der Waals surface area contributed by atoms with Crippen LogP contribution in [0.15, 0.2) is 46.9 Å². The second kappa shape index (κ2) is 11.6. The van der Waals surface area contributed by atoms with Crippen LogP contribution < -0.4 is 9.64 Å². The van der Waals surface area contributed by atoms with E-state index in [0.29, 0.717) is 47.6 Å². The standard InChI is InChI=1S/C34H36BrN5O5/c1-7-44-28(41)17-25(23-11-13-27-29(19(23)2)36-37-39(27)6)21-9-8-20-14-15-40(18-22(20)16-21)32(42)24-10-12-26(35)31-30(24)38(5)33(43)34(3,4)45-31/h8-13,16,25H,7,14-15,17-18H2,1-6H3. The fourth-order valence-electron chi connectivity index (χ4n) is 6.51. The van der Waals surface area contributed by atoms with Gasteiger partial charge in [-0.05, 0) is 96.1 Å². The van der Waals surface area contributed by atoms with Crippen molar-refractivity contribution < 1.29 is 23.9 Å². The van der Waals surface area contributed by atoms with Crippen LogP contribution in [0.2, 0.25) is 0 Å². The number of esters is 1. The second-order valence-electron chi connectivity index (χ2n) is 12.2. The van der Waals surface area contributed by atoms with Crippen LogP contribution in [0.1, 0.15) is 71.3 Å². The fourth-order valence-corrected chi connectivity index (χ4v) is 6.91. The van der Waals surface area contributed by atoms with Gasteiger partial charge in [-0.15, -0.1) is 5.10 Å². The molecule has 2 aliphatic heterocycles. The van der Waals surface area contributed by atoms with Gasteiger partial charge in [0.05, 0.1) is 28.6 Å². The van der Waals surface area contributed by atoms with E-state index in [1.165, 1.54) is 4.90 Å². The van der Waals surface area contributed by atoms with Crippen LogP contribution in [-0.2, 0) is 34.3 Å². The Morgan fingerprint density at radius 1 is 1.11 bits per heavy atom. The lowest BCUT2D eigenvalue weighted by atomic mass is 9.83. The maximum Gasteiger partial charge on any atom is 0.306 e. The second-order valence-corrected chi connectivity index (χ2v) is 13.0. The molecule has 0 aliphatic carbocycles. The highest BCUT2D eigenvalue weighted by Gasteiger charge is 2.42. The number of hydrogen-bond donors (Lipinski definition) is 0. The zero-order chi connectivity index (χ0) is 32.2. The maximum absolute atomic E-state index is 14.1. The number of benzene rings is 3. The normalized spacial score (nSPS) is 16.2. The van der Waals surface area contributed by atoms with Crippen LogP contribution in [0.5, 0.6) is 5.75 Å². The van der Waals surface area contributed by atoms with Gasteiger partial charge < -0.3 is 19.3 Å². The summed E-state index contributed by atoms with van der Waals surface area (Å²) in [6, 6.07) is 13.8. The Labute approximate surface area is 270 Å². The van der Waals surface area contributed by atoms with Crippen LogP contribution in [-0.4, -0.2) is 63.5 Å². The quantitative estimate of drug-likeness (QED) is 0.250. The Balaban J connectivity index is 1.35. The lowest BCUT2D eigenvalue weighted by Crippen LogP contribution is -2.51. The van der Waals surface area contributed by atoms with E-state index in [2.05, 4.69) is 44.4 Å². The van der Waals surface area contributed by atoms with E-state index < -0.39 is 5.60 Å². The van der Waals surface area contributed by atoms with Gasteiger partial charge in [0, 0.05) is 33.1 Å². The van der Waals surface area contributed by atoms with Gasteiger partial charge in [-0.2, -0.15) is 0 Å². The molecule has 10 nitrogen and oxygen atoms in total. The molecule has 4 aromatic rings. The van der Waals surface area contributed by atoms with Crippen molar-refractivity contribution in [2.75, 3.05) is 25.1 Å². The fraction of sp³-hybridized carbons (Fsp3) is 0.382. The first kappa shape index (κ1) is 30.8. The number of carbonyl (C=O) groups excluding carboxylic acids is 3. The lowest BCUT2D eigenvalue weighted by Gasteiger charge is -2.39. The first-order chi connectivity index (χ1) is 21.4. The van der Waals surface area contributed by atoms with Crippen molar-refractivity contribution in [3.63, 3.8) is 0 Å². The number of anilines is 1. The van der Waals surface area contributed by atoms with Crippen molar-refractivity contribution in [2.24, 2.45) is 7.05 Å². The summed E-state index contributed by atoms with van der Waals surface area (Å²) in [7, 11) is 3.53. The summed E-state index contributed by atoms with van der Waals surface area (Å²) >= 11 is 3.54. The topological polar surface area (TPSA) is 107 Å². The molecule has 3 heterocycles. The molecule has 0 fully saturated rings. The molecule has 1 aromatic heterocycles. The van der Waals surface area contributed by atoms with Crippen molar-refractivity contribution in [1.82, 2.24) is 19.9 Å². The predicted octanol–water partition coefficient (Wildman–Crippen LogP) is 5.46. The zero-order valence-electron chi connectivity index (χ0n) is 26.3. The minimum absolute atomic E-state index is 0.170. The van der Waals surface area contributed by atoms with E-state index >= 15 is 0 Å². The Morgan fingerprint density at radius 2 is 1.89 bits per heavy atom. The SMILES string of the molecule is CCOC(=O)CC(c1ccc2c(c1)CN(C(=O)c1ccc(Br)c3c1N(C)C(=O)C(C)(C)O3)CC2)c1ccc2c(nnn2C)c1C. The largest absolute Gasteiger partial charge is 0.475 e. The van der Waals surface area contributed by atoms with Crippen molar-refractivity contribution in [3.8, 4) is 5.75 Å². The van der Waals surface area contributed by atoms with Crippen LogP contribution in [0.25, 0.3) is 11.0 Å². The molecule has 0 saturated heterocycles. The Morgan fingerprint density at radius 3 is 2.64 bits per heavy atom. The minimum atomic E-state index is -1.05. The first-order valence-electron chi connectivity index (χ1n) is 15.1. The Bertz CT molecular complexity index is 1870. The minimum Gasteiger partial charge on any atom is -0.475 e. The molecule has 2 amide bonds. The summed E-state index contributed by atoms with van der Waals surface area (Å²) in [4.78, 5) is 43.3. The van der Waals surface area contributed by atoms with E-state index in [1.54, 1.807) is 44.6 Å². The number of fused-ring (bicyclic) bond motifs is 3. The number of amides is 2. The van der Waals surface area contributed by atoms with Gasteiger partial charge >= 0.3 is 5.97 Å². The molecule has 45 heavy (non-hydrogen) atoms. The summed E-state index contributed by atoms with van der Waals surface area (Å²) in [6.45, 7) is 8.48. The smallest absolute Gasteiger partial charge is 0.306 e. The number of rotatable bonds is 6. The van der Waals surface area contributed by atoms with Gasteiger partial charge in [-0.1, -0.05) is 29.5 Å². The summed E-state index contributed by atoms with van der Waals surface area (Å²) in [6.07, 6.45) is 0.856. The Hall–Kier alpha value is -4.25. The van der Waals surface area contributed by atoms with Crippen molar-refractivity contribution in [3.05, 3.63) is 80.3 Å². The molecule has 0 N–H and O–H groups in total. The van der Waals surface area contributed by atoms with Crippen LogP contribution in [0.4, 0.5) is 5.69 Å². The molecule has 1 atom stereocenters. The molecule has 0 radical (unpaired) electrons. The summed E-state index contributed by atoms with van der Waals surface area (Å²) in [5, 5.41) is 8.55. The molecule has 3 aromatic carbocycles. The summed E-state index contributed by atoms with van der Waals surface area (Å²) in [5.74, 6) is -0.474. The van der Waals surface area contributed by atoms with Crippen LogP contribution in [0, 0.1) is 6.92 Å². The molecule has 0 saturated carbocycles. The van der Waals surface area contributed by atoms with E-state index in [-0.39, 0.29) is 30.1 Å². The van der Waals surface area contributed by atoms with Gasteiger partial charge in [0.15, 0.2) is 11.4 Å². The molecule has 2 aliphatic rings. The van der Waals surface area contributed by atoms with Crippen LogP contribution in [0.3, 0.4) is 0 Å². The van der Waals surface area contributed by atoms with E-state index in [0.717, 1.165) is 38.9 Å². The molecule has 0 bridgehead atoms. The monoisotopic (exact) mass is 673 g/mol. The van der Waals surface area contributed by atoms with E-state index in [4.69, 9.17) is 9.47 Å². The molecule has 1 unspecified atom stereocenters. The van der Waals surface area contributed by atoms with Gasteiger partial charge in [-0.3, -0.25) is 14.4 Å². The van der Waals surface area contributed by atoms with E-state index in [1.807, 2.05) is 31.0 Å². The first-order valence-corrected chi connectivity index (χ1v) is 15.9. The number of likely N-dealkylation sites (N-methyl/N-ethyl adjacent to an activating group) is 1. The molecular formula is C34H36BrN5O5. The van der Waals surface area contributed by atoms with Gasteiger partial charge in [-0.25, -0.2) is 4.68 Å². The average molecular weight is 675 g/mol. The number of halogens is 1. The number of ether oxygens (including phenoxy) is 2. The lowest BCUT2D eigenvalue weighted by molar-refractivity contribution is -0.143. The predicted molar refractivity (Wildman–Crippen MR) is 173 cm³/mol. The van der Waals surface area contributed by atoms with Crippen molar-refractivity contribution in [1.29, 1.82) is 0 Å². The van der Waals surface area contributed by atoms with Crippen molar-refractivity contribution >= 4 is 50.4 Å². The molecule has 6 rings (SSSR count).